The number of carbonyl (C=O) groups is 1. The van der Waals surface area contributed by atoms with E-state index < -0.39 is 4.92 Å². The van der Waals surface area contributed by atoms with Crippen molar-refractivity contribution in [2.45, 2.75) is 19.9 Å². The van der Waals surface area contributed by atoms with Gasteiger partial charge in [0, 0.05) is 24.2 Å². The molecule has 128 valence electrons. The second kappa shape index (κ2) is 6.60. The van der Waals surface area contributed by atoms with Crippen LogP contribution in [0.3, 0.4) is 0 Å². The molecule has 0 fully saturated rings. The molecular weight excluding hydrogens is 338 g/mol. The number of aryl methyl sites for hydroxylation is 1. The van der Waals surface area contributed by atoms with E-state index in [1.165, 1.54) is 6.07 Å². The van der Waals surface area contributed by atoms with Gasteiger partial charge in [-0.25, -0.2) is 4.98 Å². The summed E-state index contributed by atoms with van der Waals surface area (Å²) in [6, 6.07) is 12.1. The van der Waals surface area contributed by atoms with Crippen LogP contribution in [0, 0.1) is 17.0 Å². The van der Waals surface area contributed by atoms with Crippen molar-refractivity contribution >= 4 is 33.1 Å². The highest BCUT2D eigenvalue weighted by Gasteiger charge is 2.23. The van der Waals surface area contributed by atoms with Crippen LogP contribution in [-0.2, 0) is 0 Å². The number of para-hydroxylation sites is 1. The number of amides is 1. The van der Waals surface area contributed by atoms with Gasteiger partial charge in [0.25, 0.3) is 11.6 Å². The molecule has 1 unspecified atom stereocenters. The summed E-state index contributed by atoms with van der Waals surface area (Å²) in [7, 11) is 1.69. The molecule has 1 aromatic heterocycles. The Balaban J connectivity index is 1.89. The number of nitro benzene ring substituents is 1. The van der Waals surface area contributed by atoms with E-state index in [1.54, 1.807) is 42.3 Å². The van der Waals surface area contributed by atoms with E-state index in [-0.39, 0.29) is 17.6 Å². The molecule has 0 bridgehead atoms. The van der Waals surface area contributed by atoms with Gasteiger partial charge in [-0.1, -0.05) is 18.2 Å². The maximum atomic E-state index is 12.7. The number of nitro groups is 1. The highest BCUT2D eigenvalue weighted by atomic mass is 32.1. The largest absolute Gasteiger partial charge is 0.333 e. The molecule has 0 N–H and O–H groups in total. The Bertz CT molecular complexity index is 934. The van der Waals surface area contributed by atoms with Crippen LogP contribution in [0.4, 0.5) is 5.69 Å². The standard InChI is InChI=1S/C18H17N3O3S/c1-11-8-9-13(10-15(11)21(23)24)18(22)20(3)12(2)17-19-14-6-4-5-7-16(14)25-17/h4-10,12H,1-3H3. The van der Waals surface area contributed by atoms with E-state index >= 15 is 0 Å². The van der Waals surface area contributed by atoms with E-state index in [0.29, 0.717) is 11.1 Å². The number of thiazole rings is 1. The lowest BCUT2D eigenvalue weighted by molar-refractivity contribution is -0.385. The molecule has 0 radical (unpaired) electrons. The van der Waals surface area contributed by atoms with Crippen molar-refractivity contribution in [3.63, 3.8) is 0 Å². The molecule has 0 saturated heterocycles. The van der Waals surface area contributed by atoms with Gasteiger partial charge in [0.15, 0.2) is 0 Å². The minimum absolute atomic E-state index is 0.0492. The molecule has 0 aliphatic carbocycles. The Morgan fingerprint density at radius 3 is 2.68 bits per heavy atom. The summed E-state index contributed by atoms with van der Waals surface area (Å²) >= 11 is 1.54. The molecule has 6 nitrogen and oxygen atoms in total. The van der Waals surface area contributed by atoms with Crippen molar-refractivity contribution in [1.29, 1.82) is 0 Å². The zero-order valence-electron chi connectivity index (χ0n) is 14.1. The molecule has 2 aromatic carbocycles. The Morgan fingerprint density at radius 1 is 1.28 bits per heavy atom. The number of fused-ring (bicyclic) bond motifs is 1. The predicted molar refractivity (Wildman–Crippen MR) is 98.0 cm³/mol. The van der Waals surface area contributed by atoms with Gasteiger partial charge in [-0.3, -0.25) is 14.9 Å². The van der Waals surface area contributed by atoms with Crippen molar-refractivity contribution in [2.75, 3.05) is 7.05 Å². The third kappa shape index (κ3) is 3.23. The van der Waals surface area contributed by atoms with Gasteiger partial charge in [-0.2, -0.15) is 0 Å². The molecular formula is C18H17N3O3S. The fraction of sp³-hybridized carbons (Fsp3) is 0.222. The molecule has 0 aliphatic rings. The minimum atomic E-state index is -0.469. The first-order chi connectivity index (χ1) is 11.9. The van der Waals surface area contributed by atoms with E-state index in [9.17, 15) is 14.9 Å². The van der Waals surface area contributed by atoms with E-state index in [1.807, 2.05) is 31.2 Å². The number of benzene rings is 2. The van der Waals surface area contributed by atoms with E-state index in [4.69, 9.17) is 0 Å². The second-order valence-electron chi connectivity index (χ2n) is 5.87. The van der Waals surface area contributed by atoms with E-state index in [0.717, 1.165) is 15.2 Å². The predicted octanol–water partition coefficient (Wildman–Crippen LogP) is 4.35. The molecule has 1 amide bonds. The fourth-order valence-electron chi connectivity index (χ4n) is 2.55. The first-order valence-electron chi connectivity index (χ1n) is 7.76. The molecule has 0 aliphatic heterocycles. The van der Waals surface area contributed by atoms with Crippen LogP contribution in [0.5, 0.6) is 0 Å². The molecule has 0 spiro atoms. The summed E-state index contributed by atoms with van der Waals surface area (Å²) < 4.78 is 1.07. The van der Waals surface area contributed by atoms with Crippen LogP contribution in [0.25, 0.3) is 10.2 Å². The van der Waals surface area contributed by atoms with Crippen LogP contribution in [0.1, 0.15) is 33.9 Å². The summed E-state index contributed by atoms with van der Waals surface area (Å²) in [6.07, 6.45) is 0. The summed E-state index contributed by atoms with van der Waals surface area (Å²) in [5.41, 5.74) is 1.68. The summed E-state index contributed by atoms with van der Waals surface area (Å²) in [5, 5.41) is 11.9. The summed E-state index contributed by atoms with van der Waals surface area (Å²) in [6.45, 7) is 3.55. The van der Waals surface area contributed by atoms with Crippen molar-refractivity contribution < 1.29 is 9.72 Å². The quantitative estimate of drug-likeness (QED) is 0.515. The molecule has 1 atom stereocenters. The Morgan fingerprint density at radius 2 is 2.00 bits per heavy atom. The number of hydrogen-bond donors (Lipinski definition) is 0. The molecule has 25 heavy (non-hydrogen) atoms. The summed E-state index contributed by atoms with van der Waals surface area (Å²) in [5.74, 6) is -0.269. The molecule has 3 aromatic rings. The SMILES string of the molecule is Cc1ccc(C(=O)N(C)C(C)c2nc3ccccc3s2)cc1[N+](=O)[O-]. The third-order valence-electron chi connectivity index (χ3n) is 4.22. The summed E-state index contributed by atoms with van der Waals surface area (Å²) in [4.78, 5) is 29.5. The van der Waals surface area contributed by atoms with Gasteiger partial charge in [-0.15, -0.1) is 11.3 Å². The number of aromatic nitrogens is 1. The minimum Gasteiger partial charge on any atom is -0.333 e. The molecule has 7 heteroatoms. The monoisotopic (exact) mass is 355 g/mol. The first-order valence-corrected chi connectivity index (χ1v) is 8.58. The van der Waals surface area contributed by atoms with Crippen LogP contribution < -0.4 is 0 Å². The van der Waals surface area contributed by atoms with Crippen LogP contribution in [0.2, 0.25) is 0 Å². The Hall–Kier alpha value is -2.80. The van der Waals surface area contributed by atoms with Crippen LogP contribution >= 0.6 is 11.3 Å². The van der Waals surface area contributed by atoms with Gasteiger partial charge in [-0.05, 0) is 32.0 Å². The lowest BCUT2D eigenvalue weighted by atomic mass is 10.1. The van der Waals surface area contributed by atoms with Gasteiger partial charge >= 0.3 is 0 Å². The van der Waals surface area contributed by atoms with Gasteiger partial charge in [0.05, 0.1) is 21.2 Å². The third-order valence-corrected chi connectivity index (χ3v) is 5.43. The van der Waals surface area contributed by atoms with Crippen molar-refractivity contribution in [1.82, 2.24) is 9.88 Å². The average Bonchev–Trinajstić information content (AvgIpc) is 3.04. The topological polar surface area (TPSA) is 76.3 Å². The zero-order valence-corrected chi connectivity index (χ0v) is 14.9. The number of rotatable bonds is 4. The normalized spacial score (nSPS) is 12.1. The zero-order chi connectivity index (χ0) is 18.1. The van der Waals surface area contributed by atoms with Crippen molar-refractivity contribution in [2.24, 2.45) is 0 Å². The van der Waals surface area contributed by atoms with Gasteiger partial charge < -0.3 is 4.90 Å². The fourth-order valence-corrected chi connectivity index (χ4v) is 3.62. The van der Waals surface area contributed by atoms with Crippen LogP contribution in [-0.4, -0.2) is 27.8 Å². The van der Waals surface area contributed by atoms with E-state index in [2.05, 4.69) is 4.98 Å². The number of hydrogen-bond acceptors (Lipinski definition) is 5. The molecule has 1 heterocycles. The smallest absolute Gasteiger partial charge is 0.273 e. The highest BCUT2D eigenvalue weighted by molar-refractivity contribution is 7.18. The highest BCUT2D eigenvalue weighted by Crippen LogP contribution is 2.30. The number of carbonyl (C=O) groups excluding carboxylic acids is 1. The van der Waals surface area contributed by atoms with Gasteiger partial charge in [0.2, 0.25) is 0 Å². The van der Waals surface area contributed by atoms with Crippen molar-refractivity contribution in [3.05, 3.63) is 68.7 Å². The maximum Gasteiger partial charge on any atom is 0.273 e. The molecule has 0 saturated carbocycles. The first kappa shape index (κ1) is 17.0. The Kier molecular flexibility index (Phi) is 4.50. The molecule has 3 rings (SSSR count). The lowest BCUT2D eigenvalue weighted by Gasteiger charge is -2.23. The van der Waals surface area contributed by atoms with Gasteiger partial charge in [0.1, 0.15) is 5.01 Å². The van der Waals surface area contributed by atoms with Crippen molar-refractivity contribution in [3.8, 4) is 0 Å². The van der Waals surface area contributed by atoms with Crippen LogP contribution in [0.15, 0.2) is 42.5 Å². The second-order valence-corrected chi connectivity index (χ2v) is 6.93. The maximum absolute atomic E-state index is 12.7. The average molecular weight is 355 g/mol. The lowest BCUT2D eigenvalue weighted by Crippen LogP contribution is -2.29. The number of nitrogens with zero attached hydrogens (tertiary/aromatic N) is 3. The Labute approximate surface area is 148 Å².